The molecule has 2 saturated carbocycles. The Morgan fingerprint density at radius 3 is 1.86 bits per heavy atom. The fraction of sp³-hybridized carbons (Fsp3) is 0.606. The van der Waals surface area contributed by atoms with Gasteiger partial charge in [-0.2, -0.15) is 0 Å². The highest BCUT2D eigenvalue weighted by Gasteiger charge is 2.26. The molecule has 0 N–H and O–H groups in total. The Balaban J connectivity index is 1.21. The van der Waals surface area contributed by atoms with Gasteiger partial charge in [-0.05, 0) is 104 Å². The molecule has 0 amide bonds. The van der Waals surface area contributed by atoms with Gasteiger partial charge in [0, 0.05) is 0 Å². The zero-order valence-electron chi connectivity index (χ0n) is 22.1. The van der Waals surface area contributed by atoms with Crippen LogP contribution in [-0.4, -0.2) is 12.1 Å². The number of carbonyl (C=O) groups is 1. The highest BCUT2D eigenvalue weighted by atomic mass is 16.5. The molecule has 190 valence electrons. The Hall–Kier alpha value is -2.09. The van der Waals surface area contributed by atoms with E-state index in [1.165, 1.54) is 74.5 Å². The molecule has 0 atom stereocenters. The maximum Gasteiger partial charge on any atom is 0.338 e. The van der Waals surface area contributed by atoms with Crippen LogP contribution in [0.4, 0.5) is 0 Å². The lowest BCUT2D eigenvalue weighted by atomic mass is 9.77. The monoisotopic (exact) mass is 474 g/mol. The van der Waals surface area contributed by atoms with Crippen LogP contribution in [0, 0.1) is 5.92 Å². The second kappa shape index (κ2) is 13.3. The fourth-order valence-electron chi connectivity index (χ4n) is 6.34. The van der Waals surface area contributed by atoms with E-state index >= 15 is 0 Å². The standard InChI is InChI=1S/C33H46O2/c1-3-5-6-8-26-11-15-27(16-12-26)29-17-19-31(20-18-29)33(34)35-32-23-21-30(22-24-32)28-13-9-25(7-4-2)10-14-28/h9-10,13-14,17-20,26-27,30,32H,3-8,11-12,15-16,21-24H2,1-2H3/t26-,27-,30-,32-. The van der Waals surface area contributed by atoms with E-state index in [1.54, 1.807) is 0 Å². The molecule has 0 heterocycles. The molecule has 0 aliphatic heterocycles. The minimum atomic E-state index is -0.149. The summed E-state index contributed by atoms with van der Waals surface area (Å²) < 4.78 is 5.92. The number of esters is 1. The van der Waals surface area contributed by atoms with Crippen molar-refractivity contribution in [2.45, 2.75) is 122 Å². The summed E-state index contributed by atoms with van der Waals surface area (Å²) in [6.07, 6.45) is 17.4. The summed E-state index contributed by atoms with van der Waals surface area (Å²) in [7, 11) is 0. The van der Waals surface area contributed by atoms with Crippen LogP contribution in [-0.2, 0) is 11.2 Å². The molecular formula is C33H46O2. The number of ether oxygens (including phenoxy) is 1. The van der Waals surface area contributed by atoms with Crippen molar-refractivity contribution in [3.63, 3.8) is 0 Å². The van der Waals surface area contributed by atoms with Crippen LogP contribution < -0.4 is 0 Å². The minimum Gasteiger partial charge on any atom is -0.459 e. The maximum absolute atomic E-state index is 12.8. The second-order valence-electron chi connectivity index (χ2n) is 11.2. The smallest absolute Gasteiger partial charge is 0.338 e. The summed E-state index contributed by atoms with van der Waals surface area (Å²) in [5, 5.41) is 0. The van der Waals surface area contributed by atoms with Gasteiger partial charge in [0.1, 0.15) is 6.10 Å². The van der Waals surface area contributed by atoms with Gasteiger partial charge in [-0.3, -0.25) is 0 Å². The molecule has 2 aromatic carbocycles. The fourth-order valence-corrected chi connectivity index (χ4v) is 6.34. The molecule has 2 aliphatic rings. The molecule has 0 unspecified atom stereocenters. The van der Waals surface area contributed by atoms with Crippen LogP contribution in [0.25, 0.3) is 0 Å². The summed E-state index contributed by atoms with van der Waals surface area (Å²) in [6.45, 7) is 4.51. The van der Waals surface area contributed by atoms with Crippen molar-refractivity contribution in [1.29, 1.82) is 0 Å². The molecule has 4 rings (SSSR count). The van der Waals surface area contributed by atoms with E-state index in [0.29, 0.717) is 17.4 Å². The number of carbonyl (C=O) groups excluding carboxylic acids is 1. The van der Waals surface area contributed by atoms with E-state index in [4.69, 9.17) is 4.74 Å². The molecule has 0 saturated heterocycles. The lowest BCUT2D eigenvalue weighted by Crippen LogP contribution is -2.24. The third kappa shape index (κ3) is 7.45. The number of hydrogen-bond donors (Lipinski definition) is 0. The predicted octanol–water partition coefficient (Wildman–Crippen LogP) is 9.38. The first-order valence-electron chi connectivity index (χ1n) is 14.6. The molecule has 2 aromatic rings. The molecule has 0 spiro atoms. The van der Waals surface area contributed by atoms with Crippen molar-refractivity contribution in [1.82, 2.24) is 0 Å². The molecular weight excluding hydrogens is 428 g/mol. The molecule has 2 nitrogen and oxygen atoms in total. The van der Waals surface area contributed by atoms with Gasteiger partial charge in [-0.25, -0.2) is 4.79 Å². The normalized spacial score (nSPS) is 24.7. The van der Waals surface area contributed by atoms with Crippen LogP contribution in [0.5, 0.6) is 0 Å². The molecule has 35 heavy (non-hydrogen) atoms. The largest absolute Gasteiger partial charge is 0.459 e. The maximum atomic E-state index is 12.8. The molecule has 0 bridgehead atoms. The number of hydrogen-bond acceptors (Lipinski definition) is 2. The van der Waals surface area contributed by atoms with Crippen molar-refractivity contribution in [3.8, 4) is 0 Å². The Kier molecular flexibility index (Phi) is 9.86. The summed E-state index contributed by atoms with van der Waals surface area (Å²) in [4.78, 5) is 12.8. The SMILES string of the molecule is CCCCC[C@H]1CC[C@H](c2ccc(C(=O)O[C@H]3CC[C@H](c4ccc(CCC)cc4)CC3)cc2)CC1. The highest BCUT2D eigenvalue weighted by Crippen LogP contribution is 2.38. The molecule has 2 aliphatic carbocycles. The average Bonchev–Trinajstić information content (AvgIpc) is 2.90. The van der Waals surface area contributed by atoms with Crippen molar-refractivity contribution < 1.29 is 9.53 Å². The van der Waals surface area contributed by atoms with Crippen LogP contribution in [0.2, 0.25) is 0 Å². The molecule has 0 radical (unpaired) electrons. The van der Waals surface area contributed by atoms with Gasteiger partial charge in [-0.15, -0.1) is 0 Å². The first-order valence-corrected chi connectivity index (χ1v) is 14.6. The van der Waals surface area contributed by atoms with Gasteiger partial charge in [0.05, 0.1) is 5.56 Å². The van der Waals surface area contributed by atoms with Crippen LogP contribution in [0.1, 0.15) is 136 Å². The van der Waals surface area contributed by atoms with Gasteiger partial charge >= 0.3 is 5.97 Å². The zero-order valence-corrected chi connectivity index (χ0v) is 22.1. The topological polar surface area (TPSA) is 26.3 Å². The second-order valence-corrected chi connectivity index (χ2v) is 11.2. The number of rotatable bonds is 10. The lowest BCUT2D eigenvalue weighted by Gasteiger charge is -2.29. The lowest BCUT2D eigenvalue weighted by molar-refractivity contribution is 0.0195. The zero-order chi connectivity index (χ0) is 24.5. The van der Waals surface area contributed by atoms with Crippen molar-refractivity contribution in [2.75, 3.05) is 0 Å². The Labute approximate surface area is 213 Å². The van der Waals surface area contributed by atoms with Gasteiger partial charge < -0.3 is 4.74 Å². The van der Waals surface area contributed by atoms with Crippen LogP contribution >= 0.6 is 0 Å². The summed E-state index contributed by atoms with van der Waals surface area (Å²) >= 11 is 0. The van der Waals surface area contributed by atoms with Gasteiger partial charge in [0.2, 0.25) is 0 Å². The van der Waals surface area contributed by atoms with Crippen LogP contribution in [0.15, 0.2) is 48.5 Å². The Morgan fingerprint density at radius 2 is 1.29 bits per heavy atom. The third-order valence-corrected chi connectivity index (χ3v) is 8.62. The first-order chi connectivity index (χ1) is 17.2. The molecule has 0 aromatic heterocycles. The Bertz CT molecular complexity index is 882. The quantitative estimate of drug-likeness (QED) is 0.253. The summed E-state index contributed by atoms with van der Waals surface area (Å²) in [5.41, 5.74) is 4.98. The van der Waals surface area contributed by atoms with Crippen molar-refractivity contribution in [2.24, 2.45) is 5.92 Å². The van der Waals surface area contributed by atoms with E-state index in [1.807, 2.05) is 12.1 Å². The highest BCUT2D eigenvalue weighted by molar-refractivity contribution is 5.89. The van der Waals surface area contributed by atoms with Gasteiger partial charge in [0.15, 0.2) is 0 Å². The van der Waals surface area contributed by atoms with E-state index in [9.17, 15) is 4.79 Å². The third-order valence-electron chi connectivity index (χ3n) is 8.62. The van der Waals surface area contributed by atoms with Gasteiger partial charge in [0.25, 0.3) is 0 Å². The molecule has 2 fully saturated rings. The predicted molar refractivity (Wildman–Crippen MR) is 146 cm³/mol. The first kappa shape index (κ1) is 26.0. The van der Waals surface area contributed by atoms with E-state index < -0.39 is 0 Å². The summed E-state index contributed by atoms with van der Waals surface area (Å²) in [5.74, 6) is 2.04. The average molecular weight is 475 g/mol. The Morgan fingerprint density at radius 1 is 0.714 bits per heavy atom. The van der Waals surface area contributed by atoms with Crippen molar-refractivity contribution >= 4 is 5.97 Å². The van der Waals surface area contributed by atoms with Crippen molar-refractivity contribution in [3.05, 3.63) is 70.8 Å². The van der Waals surface area contributed by atoms with E-state index in [0.717, 1.165) is 38.0 Å². The minimum absolute atomic E-state index is 0.0563. The summed E-state index contributed by atoms with van der Waals surface area (Å²) in [6, 6.07) is 17.5. The van der Waals surface area contributed by atoms with E-state index in [2.05, 4.69) is 50.2 Å². The molecule has 2 heteroatoms. The number of unbranched alkanes of at least 4 members (excludes halogenated alkanes) is 2. The number of benzene rings is 2. The van der Waals surface area contributed by atoms with E-state index in [-0.39, 0.29) is 12.1 Å². The number of aryl methyl sites for hydroxylation is 1. The van der Waals surface area contributed by atoms with Crippen LogP contribution in [0.3, 0.4) is 0 Å². The van der Waals surface area contributed by atoms with Gasteiger partial charge in [-0.1, -0.05) is 82.3 Å².